The van der Waals surface area contributed by atoms with Gasteiger partial charge in [0.15, 0.2) is 0 Å². The van der Waals surface area contributed by atoms with Gasteiger partial charge in [0.25, 0.3) is 0 Å². The fourth-order valence-electron chi connectivity index (χ4n) is 2.50. The van der Waals surface area contributed by atoms with E-state index in [1.807, 2.05) is 81.4 Å². The molecule has 0 radical (unpaired) electrons. The molecule has 0 unspecified atom stereocenters. The van der Waals surface area contributed by atoms with Crippen LogP contribution in [0, 0.1) is 0 Å². The molecule has 0 spiro atoms. The molecule has 1 atom stereocenters. The van der Waals surface area contributed by atoms with Crippen LogP contribution in [0.1, 0.15) is 36.7 Å². The predicted octanol–water partition coefficient (Wildman–Crippen LogP) is 4.10. The van der Waals surface area contributed by atoms with E-state index in [1.54, 1.807) is 0 Å². The number of carbonyl (C=O) groups excluding carboxylic acids is 2. The Morgan fingerprint density at radius 1 is 1.00 bits per heavy atom. The van der Waals surface area contributed by atoms with E-state index in [9.17, 15) is 9.59 Å². The van der Waals surface area contributed by atoms with Crippen LogP contribution in [0.2, 0.25) is 0 Å². The number of thioether (sulfide) groups is 1. The topological polar surface area (TPSA) is 55.4 Å². The quantitative estimate of drug-likeness (QED) is 0.548. The first-order valence-corrected chi connectivity index (χ1v) is 10.1. The zero-order chi connectivity index (χ0) is 19.7. The first-order chi connectivity index (χ1) is 12.8. The SMILES string of the molecule is CC(C)(C)OC(=O)[C@H](Cc1ccccc1)NCCSC(=O)c1ccccc1. The van der Waals surface area contributed by atoms with E-state index >= 15 is 0 Å². The van der Waals surface area contributed by atoms with Crippen LogP contribution in [-0.4, -0.2) is 35.0 Å². The molecular weight excluding hydrogens is 358 g/mol. The standard InChI is InChI=1S/C22H27NO3S/c1-22(2,3)26-20(24)19(16-17-10-6-4-7-11-17)23-14-15-27-21(25)18-12-8-5-9-13-18/h4-13,19,23H,14-16H2,1-3H3/t19-/m0/s1. The molecule has 0 aliphatic carbocycles. The molecule has 2 aromatic rings. The van der Waals surface area contributed by atoms with Gasteiger partial charge in [0, 0.05) is 17.9 Å². The second-order valence-electron chi connectivity index (χ2n) is 7.23. The number of hydrogen-bond acceptors (Lipinski definition) is 5. The van der Waals surface area contributed by atoms with Crippen molar-refractivity contribution in [3.8, 4) is 0 Å². The van der Waals surface area contributed by atoms with Gasteiger partial charge in [-0.25, -0.2) is 0 Å². The fourth-order valence-corrected chi connectivity index (χ4v) is 3.20. The summed E-state index contributed by atoms with van der Waals surface area (Å²) in [4.78, 5) is 24.7. The second-order valence-corrected chi connectivity index (χ2v) is 8.30. The molecule has 0 fully saturated rings. The Kier molecular flexibility index (Phi) is 8.07. The van der Waals surface area contributed by atoms with Crippen molar-refractivity contribution in [3.05, 3.63) is 71.8 Å². The van der Waals surface area contributed by atoms with E-state index in [4.69, 9.17) is 4.74 Å². The Balaban J connectivity index is 1.89. The van der Waals surface area contributed by atoms with E-state index in [0.717, 1.165) is 5.56 Å². The molecule has 1 N–H and O–H groups in total. The third-order valence-corrected chi connectivity index (χ3v) is 4.62. The fraction of sp³-hybridized carbons (Fsp3) is 0.364. The van der Waals surface area contributed by atoms with E-state index < -0.39 is 11.6 Å². The van der Waals surface area contributed by atoms with Crippen molar-refractivity contribution in [1.82, 2.24) is 5.32 Å². The highest BCUT2D eigenvalue weighted by Crippen LogP contribution is 2.13. The van der Waals surface area contributed by atoms with Crippen molar-refractivity contribution in [2.75, 3.05) is 12.3 Å². The van der Waals surface area contributed by atoms with Crippen LogP contribution in [0.3, 0.4) is 0 Å². The Bertz CT molecular complexity index is 726. The smallest absolute Gasteiger partial charge is 0.323 e. The van der Waals surface area contributed by atoms with Crippen LogP contribution in [0.25, 0.3) is 0 Å². The summed E-state index contributed by atoms with van der Waals surface area (Å²) in [6.07, 6.45) is 0.549. The number of rotatable bonds is 8. The molecule has 5 heteroatoms. The third-order valence-electron chi connectivity index (χ3n) is 3.71. The number of ether oxygens (including phenoxy) is 1. The van der Waals surface area contributed by atoms with Crippen LogP contribution in [0.4, 0.5) is 0 Å². The maximum atomic E-state index is 12.6. The molecule has 0 amide bonds. The molecule has 0 aliphatic rings. The van der Waals surface area contributed by atoms with Crippen molar-refractivity contribution in [2.24, 2.45) is 0 Å². The molecule has 0 heterocycles. The Morgan fingerprint density at radius 3 is 2.19 bits per heavy atom. The molecule has 4 nitrogen and oxygen atoms in total. The van der Waals surface area contributed by atoms with Crippen LogP contribution in [-0.2, 0) is 16.0 Å². The van der Waals surface area contributed by atoms with Crippen molar-refractivity contribution in [1.29, 1.82) is 0 Å². The van der Waals surface area contributed by atoms with Gasteiger partial charge >= 0.3 is 5.97 Å². The molecular formula is C22H27NO3S. The van der Waals surface area contributed by atoms with Crippen LogP contribution >= 0.6 is 11.8 Å². The third kappa shape index (κ3) is 7.97. The van der Waals surface area contributed by atoms with E-state index in [0.29, 0.717) is 24.3 Å². The highest BCUT2D eigenvalue weighted by atomic mass is 32.2. The van der Waals surface area contributed by atoms with Crippen LogP contribution in [0.5, 0.6) is 0 Å². The van der Waals surface area contributed by atoms with Crippen molar-refractivity contribution >= 4 is 22.8 Å². The van der Waals surface area contributed by atoms with Gasteiger partial charge in [0.05, 0.1) is 0 Å². The number of hydrogen-bond donors (Lipinski definition) is 1. The first kappa shape index (κ1) is 21.2. The average molecular weight is 386 g/mol. The molecule has 0 aromatic heterocycles. The molecule has 27 heavy (non-hydrogen) atoms. The largest absolute Gasteiger partial charge is 0.459 e. The molecule has 0 saturated carbocycles. The number of esters is 1. The molecule has 144 valence electrons. The van der Waals surface area contributed by atoms with Gasteiger partial charge in [-0.1, -0.05) is 72.4 Å². The molecule has 2 aromatic carbocycles. The normalized spacial score (nSPS) is 12.4. The first-order valence-electron chi connectivity index (χ1n) is 9.07. The van der Waals surface area contributed by atoms with E-state index in [2.05, 4.69) is 5.32 Å². The molecule has 0 saturated heterocycles. The minimum absolute atomic E-state index is 0.0364. The summed E-state index contributed by atoms with van der Waals surface area (Å²) < 4.78 is 5.54. The number of benzene rings is 2. The monoisotopic (exact) mass is 385 g/mol. The van der Waals surface area contributed by atoms with Crippen molar-refractivity contribution in [3.63, 3.8) is 0 Å². The lowest BCUT2D eigenvalue weighted by Gasteiger charge is -2.24. The summed E-state index contributed by atoms with van der Waals surface area (Å²) in [6.45, 7) is 6.12. The second kappa shape index (κ2) is 10.3. The zero-order valence-electron chi connectivity index (χ0n) is 16.1. The average Bonchev–Trinajstić information content (AvgIpc) is 2.64. The lowest BCUT2D eigenvalue weighted by molar-refractivity contribution is -0.157. The maximum Gasteiger partial charge on any atom is 0.323 e. The van der Waals surface area contributed by atoms with Crippen LogP contribution in [0.15, 0.2) is 60.7 Å². The Hall–Kier alpha value is -2.11. The summed E-state index contributed by atoms with van der Waals surface area (Å²) >= 11 is 1.25. The van der Waals surface area contributed by atoms with Crippen molar-refractivity contribution in [2.45, 2.75) is 38.8 Å². The molecule has 0 bridgehead atoms. The Morgan fingerprint density at radius 2 is 1.59 bits per heavy atom. The molecule has 0 aliphatic heterocycles. The van der Waals surface area contributed by atoms with Gasteiger partial charge in [0.1, 0.15) is 11.6 Å². The lowest BCUT2D eigenvalue weighted by Crippen LogP contribution is -2.43. The van der Waals surface area contributed by atoms with Crippen LogP contribution < -0.4 is 5.32 Å². The summed E-state index contributed by atoms with van der Waals surface area (Å²) in [5, 5.41) is 3.29. The number of carbonyl (C=O) groups is 2. The van der Waals surface area contributed by atoms with Crippen molar-refractivity contribution < 1.29 is 14.3 Å². The minimum atomic E-state index is -0.536. The van der Waals surface area contributed by atoms with Gasteiger partial charge in [-0.3, -0.25) is 9.59 Å². The van der Waals surface area contributed by atoms with Gasteiger partial charge in [-0.15, -0.1) is 0 Å². The summed E-state index contributed by atoms with van der Waals surface area (Å²) in [7, 11) is 0. The van der Waals surface area contributed by atoms with E-state index in [-0.39, 0.29) is 11.1 Å². The minimum Gasteiger partial charge on any atom is -0.459 e. The molecule has 2 rings (SSSR count). The summed E-state index contributed by atoms with van der Waals surface area (Å²) in [6, 6.07) is 18.6. The number of nitrogens with one attached hydrogen (secondary N) is 1. The summed E-state index contributed by atoms with van der Waals surface area (Å²) in [5.41, 5.74) is 1.22. The van der Waals surface area contributed by atoms with Gasteiger partial charge in [0.2, 0.25) is 5.12 Å². The summed E-state index contributed by atoms with van der Waals surface area (Å²) in [5.74, 6) is 0.313. The van der Waals surface area contributed by atoms with Gasteiger partial charge in [-0.2, -0.15) is 0 Å². The maximum absolute atomic E-state index is 12.6. The Labute approximate surface area is 165 Å². The van der Waals surface area contributed by atoms with Gasteiger partial charge in [-0.05, 0) is 32.8 Å². The lowest BCUT2D eigenvalue weighted by atomic mass is 10.1. The highest BCUT2D eigenvalue weighted by molar-refractivity contribution is 8.14. The van der Waals surface area contributed by atoms with E-state index in [1.165, 1.54) is 11.8 Å². The highest BCUT2D eigenvalue weighted by Gasteiger charge is 2.25. The zero-order valence-corrected chi connectivity index (χ0v) is 16.9. The predicted molar refractivity (Wildman–Crippen MR) is 111 cm³/mol. The van der Waals surface area contributed by atoms with Gasteiger partial charge < -0.3 is 10.1 Å².